The Labute approximate surface area is 188 Å². The van der Waals surface area contributed by atoms with Gasteiger partial charge in [0.25, 0.3) is 5.91 Å². The van der Waals surface area contributed by atoms with Crippen LogP contribution >= 0.6 is 24.0 Å². The molecule has 0 spiro atoms. The number of hydrogen-bond acceptors (Lipinski definition) is 4. The van der Waals surface area contributed by atoms with Gasteiger partial charge in [0, 0.05) is 32.1 Å². The van der Waals surface area contributed by atoms with E-state index in [0.29, 0.717) is 19.7 Å². The van der Waals surface area contributed by atoms with E-state index in [2.05, 4.69) is 26.0 Å². The van der Waals surface area contributed by atoms with Crippen molar-refractivity contribution in [1.29, 1.82) is 0 Å². The quantitative estimate of drug-likeness (QED) is 0.301. The van der Waals surface area contributed by atoms with Crippen LogP contribution < -0.4 is 16.0 Å². The Balaban J connectivity index is 0.00000300. The first kappa shape index (κ1) is 23.1. The molecule has 2 aromatic rings. The minimum atomic E-state index is -0.335. The number of hydrogen-bond donors (Lipinski definition) is 3. The number of carbonyl (C=O) groups excluding carboxylic acids is 1. The molecule has 3 N–H and O–H groups in total. The largest absolute Gasteiger partial charge is 0.368 e. The van der Waals surface area contributed by atoms with Gasteiger partial charge in [0.2, 0.25) is 0 Å². The van der Waals surface area contributed by atoms with Crippen LogP contribution in [0.4, 0.5) is 5.69 Å². The fourth-order valence-corrected chi connectivity index (χ4v) is 3.02. The second-order valence-corrected chi connectivity index (χ2v) is 6.69. The van der Waals surface area contributed by atoms with Crippen LogP contribution in [-0.4, -0.2) is 40.9 Å². The smallest absolute Gasteiger partial charge is 0.253 e. The highest BCUT2D eigenvalue weighted by atomic mass is 127. The number of aryl methyl sites for hydroxylation is 1. The zero-order chi connectivity index (χ0) is 19.8. The van der Waals surface area contributed by atoms with Crippen molar-refractivity contribution in [2.75, 3.05) is 18.5 Å². The lowest BCUT2D eigenvalue weighted by molar-refractivity contribution is -0.124. The molecule has 1 fully saturated rings. The fourth-order valence-electron chi connectivity index (χ4n) is 3.02. The molecule has 1 aromatic heterocycles. The number of carbonyl (C=O) groups is 1. The van der Waals surface area contributed by atoms with Crippen molar-refractivity contribution in [2.45, 2.75) is 39.0 Å². The molecule has 0 radical (unpaired) electrons. The van der Waals surface area contributed by atoms with Gasteiger partial charge in [-0.05, 0) is 43.5 Å². The molecule has 3 rings (SSSR count). The van der Waals surface area contributed by atoms with Crippen LogP contribution in [0.2, 0.25) is 0 Å². The molecule has 1 unspecified atom stereocenters. The molecular formula is C20H29IN6O2. The van der Waals surface area contributed by atoms with E-state index in [-0.39, 0.29) is 36.0 Å². The summed E-state index contributed by atoms with van der Waals surface area (Å²) >= 11 is 0. The number of guanidine groups is 1. The van der Waals surface area contributed by atoms with Crippen LogP contribution in [0.1, 0.15) is 31.0 Å². The van der Waals surface area contributed by atoms with Crippen molar-refractivity contribution in [1.82, 2.24) is 20.4 Å². The number of aliphatic imine (C=N–C) groups is 1. The minimum absolute atomic E-state index is 0. The molecule has 1 aromatic carbocycles. The first-order valence-corrected chi connectivity index (χ1v) is 9.66. The molecule has 1 saturated heterocycles. The number of benzene rings is 1. The second-order valence-electron chi connectivity index (χ2n) is 6.69. The summed E-state index contributed by atoms with van der Waals surface area (Å²) < 4.78 is 7.26. The maximum absolute atomic E-state index is 12.2. The summed E-state index contributed by atoms with van der Waals surface area (Å²) in [5, 5.41) is 13.7. The summed E-state index contributed by atoms with van der Waals surface area (Å²) in [5.74, 6) is 0.654. The van der Waals surface area contributed by atoms with Crippen LogP contribution in [0.5, 0.6) is 0 Å². The summed E-state index contributed by atoms with van der Waals surface area (Å²) in [7, 11) is 1.91. The van der Waals surface area contributed by atoms with Crippen molar-refractivity contribution in [3.05, 3.63) is 47.8 Å². The summed E-state index contributed by atoms with van der Waals surface area (Å²) in [6.45, 7) is 4.60. The van der Waals surface area contributed by atoms with Crippen LogP contribution in [0, 0.1) is 0 Å². The Morgan fingerprint density at radius 2 is 2.21 bits per heavy atom. The van der Waals surface area contributed by atoms with E-state index in [0.717, 1.165) is 42.3 Å². The van der Waals surface area contributed by atoms with Crippen molar-refractivity contribution >= 4 is 41.5 Å². The molecule has 0 saturated carbocycles. The van der Waals surface area contributed by atoms with E-state index < -0.39 is 0 Å². The highest BCUT2D eigenvalue weighted by Crippen LogP contribution is 2.16. The topological polar surface area (TPSA) is 92.6 Å². The predicted octanol–water partition coefficient (Wildman–Crippen LogP) is 2.41. The Morgan fingerprint density at radius 3 is 2.90 bits per heavy atom. The summed E-state index contributed by atoms with van der Waals surface area (Å²) in [5.41, 5.74) is 2.85. The Hall–Kier alpha value is -2.14. The third-order valence-corrected chi connectivity index (χ3v) is 4.54. The van der Waals surface area contributed by atoms with E-state index in [1.54, 1.807) is 6.20 Å². The molecule has 158 valence electrons. The van der Waals surface area contributed by atoms with Gasteiger partial charge >= 0.3 is 0 Å². The lowest BCUT2D eigenvalue weighted by atomic mass is 10.2. The zero-order valence-corrected chi connectivity index (χ0v) is 19.2. The molecule has 8 nitrogen and oxygen atoms in total. The van der Waals surface area contributed by atoms with Gasteiger partial charge in [-0.15, -0.1) is 24.0 Å². The molecule has 1 aliphatic rings. The van der Waals surface area contributed by atoms with Crippen LogP contribution in [0.25, 0.3) is 0 Å². The standard InChI is InChI=1S/C20H28N6O2.HI/c1-3-21-20(23-14-17-9-10-24-26(17)2)22-13-15-6-4-7-16(12-15)25-19(27)18-8-5-11-28-18;/h4,6-7,9-10,12,18H,3,5,8,11,13-14H2,1-2H3,(H,25,27)(H2,21,22,23);1H. The summed E-state index contributed by atoms with van der Waals surface area (Å²) in [6.07, 6.45) is 3.16. The zero-order valence-electron chi connectivity index (χ0n) is 16.9. The Kier molecular flexibility index (Phi) is 9.39. The lowest BCUT2D eigenvalue weighted by Crippen LogP contribution is -2.37. The number of halogens is 1. The Bertz CT molecular complexity index is 817. The minimum Gasteiger partial charge on any atom is -0.368 e. The van der Waals surface area contributed by atoms with Crippen molar-refractivity contribution in [3.8, 4) is 0 Å². The highest BCUT2D eigenvalue weighted by Gasteiger charge is 2.23. The average molecular weight is 512 g/mol. The Morgan fingerprint density at radius 1 is 1.34 bits per heavy atom. The van der Waals surface area contributed by atoms with Gasteiger partial charge in [0.05, 0.1) is 18.8 Å². The number of nitrogens with one attached hydrogen (secondary N) is 3. The van der Waals surface area contributed by atoms with Gasteiger partial charge in [-0.1, -0.05) is 12.1 Å². The number of rotatable bonds is 7. The van der Waals surface area contributed by atoms with E-state index in [9.17, 15) is 4.79 Å². The molecular weight excluding hydrogens is 483 g/mol. The number of aromatic nitrogens is 2. The van der Waals surface area contributed by atoms with E-state index in [4.69, 9.17) is 4.74 Å². The van der Waals surface area contributed by atoms with Crippen LogP contribution in [-0.2, 0) is 29.7 Å². The molecule has 1 atom stereocenters. The monoisotopic (exact) mass is 512 g/mol. The highest BCUT2D eigenvalue weighted by molar-refractivity contribution is 14.0. The predicted molar refractivity (Wildman–Crippen MR) is 124 cm³/mol. The molecule has 2 heterocycles. The normalized spacial score (nSPS) is 16.2. The van der Waals surface area contributed by atoms with Gasteiger partial charge in [-0.2, -0.15) is 5.10 Å². The van der Waals surface area contributed by atoms with Crippen molar-refractivity contribution in [3.63, 3.8) is 0 Å². The van der Waals surface area contributed by atoms with Gasteiger partial charge < -0.3 is 20.7 Å². The maximum atomic E-state index is 12.2. The molecule has 0 aliphatic carbocycles. The molecule has 9 heteroatoms. The van der Waals surface area contributed by atoms with Crippen LogP contribution in [0.3, 0.4) is 0 Å². The van der Waals surface area contributed by atoms with E-state index in [1.165, 1.54) is 0 Å². The number of anilines is 1. The lowest BCUT2D eigenvalue weighted by Gasteiger charge is -2.12. The third kappa shape index (κ3) is 7.00. The molecule has 0 bridgehead atoms. The van der Waals surface area contributed by atoms with Crippen molar-refractivity contribution < 1.29 is 9.53 Å². The van der Waals surface area contributed by atoms with Crippen molar-refractivity contribution in [2.24, 2.45) is 12.0 Å². The van der Waals surface area contributed by atoms with E-state index >= 15 is 0 Å². The molecule has 1 aliphatic heterocycles. The summed E-state index contributed by atoms with van der Waals surface area (Å²) in [6, 6.07) is 9.71. The molecule has 1 amide bonds. The SMILES string of the molecule is CCNC(=NCc1cccc(NC(=O)C2CCCO2)c1)NCc1ccnn1C.I. The van der Waals surface area contributed by atoms with Gasteiger partial charge in [-0.25, -0.2) is 4.99 Å². The fraction of sp³-hybridized carbons (Fsp3) is 0.450. The molecule has 29 heavy (non-hydrogen) atoms. The van der Waals surface area contributed by atoms with Gasteiger partial charge in [0.1, 0.15) is 6.10 Å². The number of ether oxygens (including phenoxy) is 1. The number of nitrogens with zero attached hydrogens (tertiary/aromatic N) is 3. The first-order chi connectivity index (χ1) is 13.7. The van der Waals surface area contributed by atoms with Gasteiger partial charge in [0.15, 0.2) is 5.96 Å². The number of amides is 1. The summed E-state index contributed by atoms with van der Waals surface area (Å²) in [4.78, 5) is 16.8. The first-order valence-electron chi connectivity index (χ1n) is 9.66. The third-order valence-electron chi connectivity index (χ3n) is 4.54. The van der Waals surface area contributed by atoms with Gasteiger partial charge in [-0.3, -0.25) is 9.48 Å². The second kappa shape index (κ2) is 11.8. The van der Waals surface area contributed by atoms with E-state index in [1.807, 2.05) is 49.0 Å². The average Bonchev–Trinajstić information content (AvgIpc) is 3.36. The van der Waals surface area contributed by atoms with Crippen LogP contribution in [0.15, 0.2) is 41.5 Å². The maximum Gasteiger partial charge on any atom is 0.253 e.